The molecule has 202 valence electrons. The van der Waals surface area contributed by atoms with Gasteiger partial charge in [0, 0.05) is 29.0 Å². The molecule has 38 heavy (non-hydrogen) atoms. The lowest BCUT2D eigenvalue weighted by molar-refractivity contribution is -0.140. The van der Waals surface area contributed by atoms with Gasteiger partial charge in [0.25, 0.3) is 0 Å². The SMILES string of the molecule is CCNC(=O)[C@@H](Cc1ccccc1)N(Cc1cccc(Br)c1)C(=O)CN(c1cccc(Cl)c1C)S(C)(=O)=O. The molecule has 0 aliphatic heterocycles. The van der Waals surface area contributed by atoms with Gasteiger partial charge in [-0.15, -0.1) is 0 Å². The highest BCUT2D eigenvalue weighted by atomic mass is 79.9. The van der Waals surface area contributed by atoms with Gasteiger partial charge < -0.3 is 10.2 Å². The maximum atomic E-state index is 14.0. The monoisotopic (exact) mass is 619 g/mol. The van der Waals surface area contributed by atoms with Crippen LogP contribution in [0.4, 0.5) is 5.69 Å². The summed E-state index contributed by atoms with van der Waals surface area (Å²) in [5.74, 6) is -0.827. The number of amides is 2. The Balaban J connectivity index is 2.07. The van der Waals surface area contributed by atoms with Crippen molar-refractivity contribution in [3.05, 3.63) is 99.0 Å². The number of halogens is 2. The second-order valence-electron chi connectivity index (χ2n) is 8.91. The van der Waals surface area contributed by atoms with Crippen LogP contribution in [-0.4, -0.2) is 50.5 Å². The van der Waals surface area contributed by atoms with Crippen LogP contribution in [0.2, 0.25) is 5.02 Å². The molecule has 0 unspecified atom stereocenters. The molecule has 0 spiro atoms. The molecule has 0 saturated heterocycles. The van der Waals surface area contributed by atoms with Crippen molar-refractivity contribution in [3.63, 3.8) is 0 Å². The van der Waals surface area contributed by atoms with Crippen LogP contribution in [0.15, 0.2) is 77.3 Å². The smallest absolute Gasteiger partial charge is 0.244 e. The number of nitrogens with zero attached hydrogens (tertiary/aromatic N) is 2. The van der Waals surface area contributed by atoms with E-state index in [1.54, 1.807) is 25.1 Å². The van der Waals surface area contributed by atoms with Crippen molar-refractivity contribution in [1.82, 2.24) is 10.2 Å². The molecule has 0 saturated carbocycles. The molecule has 0 aliphatic rings. The maximum absolute atomic E-state index is 14.0. The molecule has 7 nitrogen and oxygen atoms in total. The van der Waals surface area contributed by atoms with Gasteiger partial charge in [-0.2, -0.15) is 0 Å². The molecule has 1 N–H and O–H groups in total. The van der Waals surface area contributed by atoms with Gasteiger partial charge in [0.05, 0.1) is 11.9 Å². The molecule has 3 aromatic carbocycles. The van der Waals surface area contributed by atoms with E-state index in [-0.39, 0.29) is 18.9 Å². The second kappa shape index (κ2) is 13.3. The summed E-state index contributed by atoms with van der Waals surface area (Å²) in [7, 11) is -3.86. The second-order valence-corrected chi connectivity index (χ2v) is 12.1. The van der Waals surface area contributed by atoms with E-state index in [2.05, 4.69) is 21.2 Å². The summed E-state index contributed by atoms with van der Waals surface area (Å²) < 4.78 is 27.6. The van der Waals surface area contributed by atoms with E-state index < -0.39 is 28.5 Å². The van der Waals surface area contributed by atoms with Crippen LogP contribution >= 0.6 is 27.5 Å². The standard InChI is InChI=1S/C28H31BrClN3O4S/c1-4-31-28(35)26(17-21-10-6-5-7-11-21)32(18-22-12-8-13-23(29)16-22)27(34)19-33(38(3,36)37)25-15-9-14-24(30)20(25)2/h5-16,26H,4,17-19H2,1-3H3,(H,31,35)/t26-/m1/s1. The Morgan fingerprint density at radius 2 is 1.66 bits per heavy atom. The maximum Gasteiger partial charge on any atom is 0.244 e. The first-order valence-corrected chi connectivity index (χ1v) is 15.1. The van der Waals surface area contributed by atoms with Crippen molar-refractivity contribution in [1.29, 1.82) is 0 Å². The summed E-state index contributed by atoms with van der Waals surface area (Å²) in [6.07, 6.45) is 1.31. The number of carbonyl (C=O) groups excluding carboxylic acids is 2. The molecule has 0 bridgehead atoms. The van der Waals surface area contributed by atoms with Crippen LogP contribution in [0, 0.1) is 6.92 Å². The average Bonchev–Trinajstić information content (AvgIpc) is 2.86. The van der Waals surface area contributed by atoms with Gasteiger partial charge in [-0.25, -0.2) is 8.42 Å². The molecule has 0 heterocycles. The minimum atomic E-state index is -3.86. The number of hydrogen-bond donors (Lipinski definition) is 1. The van der Waals surface area contributed by atoms with E-state index in [0.29, 0.717) is 22.8 Å². The van der Waals surface area contributed by atoms with Crippen LogP contribution in [0.5, 0.6) is 0 Å². The van der Waals surface area contributed by atoms with Crippen molar-refractivity contribution in [2.24, 2.45) is 0 Å². The Morgan fingerprint density at radius 3 is 2.29 bits per heavy atom. The van der Waals surface area contributed by atoms with Gasteiger partial charge in [0.15, 0.2) is 0 Å². The highest BCUT2D eigenvalue weighted by Crippen LogP contribution is 2.28. The van der Waals surface area contributed by atoms with E-state index in [4.69, 9.17) is 11.6 Å². The number of carbonyl (C=O) groups is 2. The van der Waals surface area contributed by atoms with Crippen LogP contribution in [0.1, 0.15) is 23.6 Å². The fourth-order valence-corrected chi connectivity index (χ4v) is 5.66. The van der Waals surface area contributed by atoms with Crippen LogP contribution in [0.3, 0.4) is 0 Å². The average molecular weight is 621 g/mol. The Hall–Kier alpha value is -2.88. The fourth-order valence-electron chi connectivity index (χ4n) is 4.14. The summed E-state index contributed by atoms with van der Waals surface area (Å²) in [6, 6.07) is 20.9. The van der Waals surface area contributed by atoms with E-state index in [1.165, 1.54) is 4.90 Å². The van der Waals surface area contributed by atoms with Gasteiger partial charge in [-0.1, -0.05) is 76.1 Å². The first-order valence-electron chi connectivity index (χ1n) is 12.1. The predicted molar refractivity (Wildman–Crippen MR) is 156 cm³/mol. The molecule has 0 fully saturated rings. The summed E-state index contributed by atoms with van der Waals surface area (Å²) in [5, 5.41) is 3.23. The molecule has 3 rings (SSSR count). The topological polar surface area (TPSA) is 86.8 Å². The minimum absolute atomic E-state index is 0.110. The lowest BCUT2D eigenvalue weighted by atomic mass is 10.0. The van der Waals surface area contributed by atoms with E-state index in [0.717, 1.165) is 26.2 Å². The number of rotatable bonds is 11. The third-order valence-corrected chi connectivity index (χ3v) is 8.08. The first kappa shape index (κ1) is 29.7. The van der Waals surface area contributed by atoms with E-state index in [9.17, 15) is 18.0 Å². The zero-order valence-corrected chi connectivity index (χ0v) is 24.7. The van der Waals surface area contributed by atoms with Crippen LogP contribution < -0.4 is 9.62 Å². The third-order valence-electron chi connectivity index (χ3n) is 6.05. The lowest BCUT2D eigenvalue weighted by Gasteiger charge is -2.33. The lowest BCUT2D eigenvalue weighted by Crippen LogP contribution is -2.53. The Kier molecular flexibility index (Phi) is 10.4. The van der Waals surface area contributed by atoms with Gasteiger partial charge >= 0.3 is 0 Å². The first-order chi connectivity index (χ1) is 18.0. The number of hydrogen-bond acceptors (Lipinski definition) is 4. The van der Waals surface area contributed by atoms with E-state index in [1.807, 2.05) is 61.5 Å². The molecular formula is C28H31BrClN3O4S. The molecule has 0 aromatic heterocycles. The van der Waals surface area contributed by atoms with Gasteiger partial charge in [-0.05, 0) is 54.8 Å². The minimum Gasteiger partial charge on any atom is -0.355 e. The molecule has 3 aromatic rings. The normalized spacial score (nSPS) is 12.0. The number of benzene rings is 3. The van der Waals surface area contributed by atoms with Crippen LogP contribution in [-0.2, 0) is 32.6 Å². The van der Waals surface area contributed by atoms with Gasteiger partial charge in [0.1, 0.15) is 12.6 Å². The predicted octanol–water partition coefficient (Wildman–Crippen LogP) is 4.95. The Labute approximate surface area is 238 Å². The largest absolute Gasteiger partial charge is 0.355 e. The van der Waals surface area contributed by atoms with Crippen molar-refractivity contribution >= 4 is 55.1 Å². The van der Waals surface area contributed by atoms with Crippen molar-refractivity contribution in [2.75, 3.05) is 23.7 Å². The number of sulfonamides is 1. The van der Waals surface area contributed by atoms with Crippen molar-refractivity contribution in [3.8, 4) is 0 Å². The Morgan fingerprint density at radius 1 is 1.00 bits per heavy atom. The molecule has 0 radical (unpaired) electrons. The number of likely N-dealkylation sites (N-methyl/N-ethyl adjacent to an activating group) is 1. The summed E-state index contributed by atoms with van der Waals surface area (Å²) in [6.45, 7) is 3.52. The zero-order valence-electron chi connectivity index (χ0n) is 21.5. The molecule has 1 atom stereocenters. The van der Waals surface area contributed by atoms with Gasteiger partial charge in [0.2, 0.25) is 21.8 Å². The molecule has 10 heteroatoms. The highest BCUT2D eigenvalue weighted by Gasteiger charge is 2.33. The quantitative estimate of drug-likeness (QED) is 0.329. The highest BCUT2D eigenvalue weighted by molar-refractivity contribution is 9.10. The summed E-state index contributed by atoms with van der Waals surface area (Å²) in [5.41, 5.74) is 2.52. The third kappa shape index (κ3) is 7.82. The van der Waals surface area contributed by atoms with Gasteiger partial charge in [-0.3, -0.25) is 13.9 Å². The fraction of sp³-hybridized carbons (Fsp3) is 0.286. The summed E-state index contributed by atoms with van der Waals surface area (Å²) >= 11 is 9.73. The van der Waals surface area contributed by atoms with Crippen LogP contribution in [0.25, 0.3) is 0 Å². The Bertz CT molecular complexity index is 1390. The van der Waals surface area contributed by atoms with E-state index >= 15 is 0 Å². The van der Waals surface area contributed by atoms with Crippen molar-refractivity contribution in [2.45, 2.75) is 32.9 Å². The zero-order chi connectivity index (χ0) is 27.9. The molecule has 0 aliphatic carbocycles. The molecule has 2 amide bonds. The number of anilines is 1. The summed E-state index contributed by atoms with van der Waals surface area (Å²) in [4.78, 5) is 28.8. The number of nitrogens with one attached hydrogen (secondary N) is 1. The molecular weight excluding hydrogens is 590 g/mol. The van der Waals surface area contributed by atoms with Crippen molar-refractivity contribution < 1.29 is 18.0 Å².